The van der Waals surface area contributed by atoms with Gasteiger partial charge in [-0.3, -0.25) is 14.5 Å². The zero-order chi connectivity index (χ0) is 12.6. The first-order chi connectivity index (χ1) is 7.94. The van der Waals surface area contributed by atoms with Crippen LogP contribution < -0.4 is 5.32 Å². The van der Waals surface area contributed by atoms with Gasteiger partial charge in [-0.25, -0.2) is 4.79 Å². The maximum Gasteiger partial charge on any atom is 0.325 e. The lowest BCUT2D eigenvalue weighted by atomic mass is 9.77. The molecule has 0 aromatic heterocycles. The van der Waals surface area contributed by atoms with Gasteiger partial charge in [-0.2, -0.15) is 0 Å². The number of hydrogen-bond donors (Lipinski definition) is 1. The molecular weight excluding hydrogens is 220 g/mol. The van der Waals surface area contributed by atoms with Crippen LogP contribution in [-0.2, 0) is 9.59 Å². The van der Waals surface area contributed by atoms with Gasteiger partial charge in [0.15, 0.2) is 0 Å². The van der Waals surface area contributed by atoms with Crippen molar-refractivity contribution in [3.05, 3.63) is 0 Å². The lowest BCUT2D eigenvalue weighted by molar-refractivity contribution is -0.135. The molecule has 17 heavy (non-hydrogen) atoms. The number of Topliss-reactive ketones (excluding diaryl/α,β-unsaturated/α-hetero) is 1. The van der Waals surface area contributed by atoms with Crippen molar-refractivity contribution in [1.29, 1.82) is 0 Å². The van der Waals surface area contributed by atoms with Crippen LogP contribution in [0.2, 0.25) is 0 Å². The largest absolute Gasteiger partial charge is 0.325 e. The van der Waals surface area contributed by atoms with E-state index in [4.69, 9.17) is 0 Å². The lowest BCUT2D eigenvalue weighted by Gasteiger charge is -2.33. The molecule has 0 atom stereocenters. The summed E-state index contributed by atoms with van der Waals surface area (Å²) in [5, 5.41) is 2.78. The molecule has 2 aliphatic rings. The maximum atomic E-state index is 12.2. The molecule has 0 aromatic rings. The lowest BCUT2D eigenvalue weighted by Crippen LogP contribution is -2.49. The third kappa shape index (κ3) is 2.06. The average molecular weight is 238 g/mol. The van der Waals surface area contributed by atoms with Gasteiger partial charge >= 0.3 is 6.03 Å². The molecule has 1 saturated carbocycles. The van der Waals surface area contributed by atoms with Crippen LogP contribution in [0.5, 0.6) is 0 Å². The summed E-state index contributed by atoms with van der Waals surface area (Å²) in [5.74, 6) is 0.214. The van der Waals surface area contributed by atoms with Gasteiger partial charge in [-0.1, -0.05) is 6.92 Å². The Hall–Kier alpha value is -1.39. The SMILES string of the molecule is CC(=O)CN1C(=O)NC2(CCC(C)CC2)C1=O. The topological polar surface area (TPSA) is 66.5 Å². The molecule has 1 heterocycles. The van der Waals surface area contributed by atoms with Gasteiger partial charge in [0, 0.05) is 0 Å². The summed E-state index contributed by atoms with van der Waals surface area (Å²) in [7, 11) is 0. The minimum absolute atomic E-state index is 0.109. The quantitative estimate of drug-likeness (QED) is 0.732. The highest BCUT2D eigenvalue weighted by molar-refractivity contribution is 6.09. The summed E-state index contributed by atoms with van der Waals surface area (Å²) in [6.45, 7) is 3.43. The maximum absolute atomic E-state index is 12.2. The Morgan fingerprint density at radius 2 is 2.00 bits per heavy atom. The van der Waals surface area contributed by atoms with Crippen LogP contribution in [0, 0.1) is 5.92 Å². The molecule has 1 aliphatic heterocycles. The van der Waals surface area contributed by atoms with Gasteiger partial charge in [0.1, 0.15) is 11.3 Å². The number of nitrogens with zero attached hydrogens (tertiary/aromatic N) is 1. The number of nitrogens with one attached hydrogen (secondary N) is 1. The van der Waals surface area contributed by atoms with E-state index < -0.39 is 11.6 Å². The van der Waals surface area contributed by atoms with E-state index in [1.807, 2.05) is 0 Å². The van der Waals surface area contributed by atoms with E-state index in [1.165, 1.54) is 6.92 Å². The summed E-state index contributed by atoms with van der Waals surface area (Å²) in [6, 6.07) is -0.417. The summed E-state index contributed by atoms with van der Waals surface area (Å²) in [5.41, 5.74) is -0.723. The Labute approximate surface area is 101 Å². The molecule has 0 radical (unpaired) electrons. The fraction of sp³-hybridized carbons (Fsp3) is 0.750. The van der Waals surface area contributed by atoms with Gasteiger partial charge in [0.05, 0.1) is 6.54 Å². The Bertz CT molecular complexity index is 370. The van der Waals surface area contributed by atoms with E-state index in [1.54, 1.807) is 0 Å². The first-order valence-corrected chi connectivity index (χ1v) is 6.08. The molecule has 2 fully saturated rings. The molecule has 1 aliphatic carbocycles. The van der Waals surface area contributed by atoms with E-state index in [9.17, 15) is 14.4 Å². The molecule has 5 heteroatoms. The van der Waals surface area contributed by atoms with Crippen molar-refractivity contribution in [3.8, 4) is 0 Å². The molecule has 5 nitrogen and oxygen atoms in total. The monoisotopic (exact) mass is 238 g/mol. The van der Waals surface area contributed by atoms with Crippen LogP contribution in [0.15, 0.2) is 0 Å². The molecule has 0 bridgehead atoms. The average Bonchev–Trinajstić information content (AvgIpc) is 2.48. The van der Waals surface area contributed by atoms with Gasteiger partial charge in [-0.05, 0) is 38.5 Å². The predicted molar refractivity (Wildman–Crippen MR) is 61.3 cm³/mol. The van der Waals surface area contributed by atoms with Crippen LogP contribution in [0.3, 0.4) is 0 Å². The van der Waals surface area contributed by atoms with Crippen molar-refractivity contribution in [2.24, 2.45) is 5.92 Å². The zero-order valence-corrected chi connectivity index (χ0v) is 10.3. The van der Waals surface area contributed by atoms with Gasteiger partial charge in [0.25, 0.3) is 5.91 Å². The summed E-state index contributed by atoms with van der Waals surface area (Å²) >= 11 is 0. The Balaban J connectivity index is 2.15. The van der Waals surface area contributed by atoms with E-state index in [2.05, 4.69) is 12.2 Å². The summed E-state index contributed by atoms with van der Waals surface area (Å²) in [4.78, 5) is 36.0. The molecule has 2 rings (SSSR count). The van der Waals surface area contributed by atoms with Gasteiger partial charge < -0.3 is 5.32 Å². The van der Waals surface area contributed by atoms with Crippen molar-refractivity contribution in [2.75, 3.05) is 6.54 Å². The number of carbonyl (C=O) groups is 3. The van der Waals surface area contributed by atoms with Crippen molar-refractivity contribution < 1.29 is 14.4 Å². The predicted octanol–water partition coefficient (Wildman–Crippen LogP) is 1.08. The normalized spacial score (nSPS) is 33.1. The third-order valence-electron chi connectivity index (χ3n) is 3.75. The van der Waals surface area contributed by atoms with Crippen LogP contribution in [0.4, 0.5) is 4.79 Å². The number of imide groups is 1. The molecule has 1 N–H and O–H groups in total. The summed E-state index contributed by atoms with van der Waals surface area (Å²) < 4.78 is 0. The van der Waals surface area contributed by atoms with Crippen LogP contribution >= 0.6 is 0 Å². The molecule has 0 unspecified atom stereocenters. The number of rotatable bonds is 2. The standard InChI is InChI=1S/C12H18N2O3/c1-8-3-5-12(6-4-8)10(16)14(7-9(2)15)11(17)13-12/h8H,3-7H2,1-2H3,(H,13,17). The van der Waals surface area contributed by atoms with Crippen molar-refractivity contribution in [1.82, 2.24) is 10.2 Å². The van der Waals surface area contributed by atoms with Crippen molar-refractivity contribution in [3.63, 3.8) is 0 Å². The first-order valence-electron chi connectivity index (χ1n) is 6.08. The van der Waals surface area contributed by atoms with Gasteiger partial charge in [0.2, 0.25) is 0 Å². The molecule has 1 saturated heterocycles. The number of amides is 3. The summed E-state index contributed by atoms with van der Waals surface area (Å²) in [6.07, 6.45) is 3.26. The van der Waals surface area contributed by atoms with E-state index in [-0.39, 0.29) is 18.2 Å². The van der Waals surface area contributed by atoms with Gasteiger partial charge in [-0.15, -0.1) is 0 Å². The number of carbonyl (C=O) groups excluding carboxylic acids is 3. The van der Waals surface area contributed by atoms with Crippen molar-refractivity contribution in [2.45, 2.75) is 45.1 Å². The minimum Gasteiger partial charge on any atom is -0.323 e. The third-order valence-corrected chi connectivity index (χ3v) is 3.75. The van der Waals surface area contributed by atoms with E-state index in [0.717, 1.165) is 17.7 Å². The molecular formula is C12H18N2O3. The Morgan fingerprint density at radius 1 is 1.41 bits per heavy atom. The second-order valence-electron chi connectivity index (χ2n) is 5.29. The Morgan fingerprint density at radius 3 is 2.53 bits per heavy atom. The minimum atomic E-state index is -0.723. The van der Waals surface area contributed by atoms with Crippen molar-refractivity contribution >= 4 is 17.7 Å². The highest BCUT2D eigenvalue weighted by Gasteiger charge is 2.52. The molecule has 1 spiro atoms. The molecule has 3 amide bonds. The second-order valence-corrected chi connectivity index (χ2v) is 5.29. The number of urea groups is 1. The van der Waals surface area contributed by atoms with E-state index >= 15 is 0 Å². The smallest absolute Gasteiger partial charge is 0.323 e. The highest BCUT2D eigenvalue weighted by atomic mass is 16.2. The fourth-order valence-corrected chi connectivity index (χ4v) is 2.64. The number of ketones is 1. The molecule has 94 valence electrons. The van der Waals surface area contributed by atoms with Crippen LogP contribution in [0.25, 0.3) is 0 Å². The Kier molecular flexibility index (Phi) is 2.93. The molecule has 0 aromatic carbocycles. The fourth-order valence-electron chi connectivity index (χ4n) is 2.64. The number of hydrogen-bond acceptors (Lipinski definition) is 3. The second kappa shape index (κ2) is 4.13. The van der Waals surface area contributed by atoms with Crippen LogP contribution in [-0.4, -0.2) is 34.7 Å². The first kappa shape index (κ1) is 12.1. The highest BCUT2D eigenvalue weighted by Crippen LogP contribution is 2.36. The van der Waals surface area contributed by atoms with Crippen LogP contribution in [0.1, 0.15) is 39.5 Å². The zero-order valence-electron chi connectivity index (χ0n) is 10.3. The van der Waals surface area contributed by atoms with E-state index in [0.29, 0.717) is 18.8 Å².